The van der Waals surface area contributed by atoms with Gasteiger partial charge in [-0.15, -0.1) is 0 Å². The Morgan fingerprint density at radius 3 is 2.54 bits per heavy atom. The second-order valence-electron chi connectivity index (χ2n) is 9.34. The molecule has 4 N–H and O–H groups in total. The minimum atomic E-state index is -0.694. The monoisotopic (exact) mass is 503 g/mol. The molecule has 5 rings (SSSR count). The van der Waals surface area contributed by atoms with Gasteiger partial charge in [0.25, 0.3) is 16.8 Å². The van der Waals surface area contributed by atoms with Crippen LogP contribution in [-0.4, -0.2) is 65.5 Å². The Bertz CT molecular complexity index is 1400. The van der Waals surface area contributed by atoms with Gasteiger partial charge in [0, 0.05) is 32.7 Å². The first-order valence-electron chi connectivity index (χ1n) is 12.4. The van der Waals surface area contributed by atoms with E-state index in [9.17, 15) is 24.3 Å². The number of para-hydroxylation sites is 1. The molecule has 2 amide bonds. The highest BCUT2D eigenvalue weighted by atomic mass is 16.3. The number of phenolic OH excluding ortho intramolecular Hbond substituents is 1. The molecule has 2 aliphatic rings. The fourth-order valence-corrected chi connectivity index (χ4v) is 5.01. The number of amides is 2. The third kappa shape index (κ3) is 4.55. The summed E-state index contributed by atoms with van der Waals surface area (Å²) in [5.74, 6) is -0.834. The predicted molar refractivity (Wildman–Crippen MR) is 140 cm³/mol. The molecule has 2 aliphatic heterocycles. The zero-order valence-corrected chi connectivity index (χ0v) is 20.5. The zero-order valence-electron chi connectivity index (χ0n) is 20.5. The second kappa shape index (κ2) is 10.1. The van der Waals surface area contributed by atoms with E-state index in [1.165, 1.54) is 12.1 Å². The number of carbonyl (C=O) groups excluding carboxylic acids is 2. The van der Waals surface area contributed by atoms with Gasteiger partial charge in [-0.2, -0.15) is 0 Å². The van der Waals surface area contributed by atoms with E-state index in [4.69, 9.17) is 0 Å². The van der Waals surface area contributed by atoms with Crippen LogP contribution in [0.15, 0.2) is 58.1 Å². The fraction of sp³-hybridized carbons (Fsp3) is 0.333. The number of hydrogen-bond acceptors (Lipinski definition) is 8. The molecule has 192 valence electrons. The van der Waals surface area contributed by atoms with Gasteiger partial charge in [-0.25, -0.2) is 0 Å². The molecule has 0 saturated carbocycles. The lowest BCUT2D eigenvalue weighted by Crippen LogP contribution is -2.64. The summed E-state index contributed by atoms with van der Waals surface area (Å²) in [6.07, 6.45) is 0.684. The van der Waals surface area contributed by atoms with Crippen LogP contribution < -0.4 is 26.8 Å². The van der Waals surface area contributed by atoms with Crippen molar-refractivity contribution in [2.75, 3.05) is 43.4 Å². The number of rotatable bonds is 7. The number of nitrogens with one attached hydrogen (secondary N) is 3. The summed E-state index contributed by atoms with van der Waals surface area (Å²) in [5.41, 5.74) is 0.0452. The van der Waals surface area contributed by atoms with Crippen molar-refractivity contribution in [3.05, 3.63) is 80.1 Å². The lowest BCUT2D eigenvalue weighted by molar-refractivity contribution is -0.131. The molecule has 3 aromatic rings. The molecule has 0 bridgehead atoms. The molecular formula is C27H29N5O5. The molecule has 2 saturated heterocycles. The Hall–Kier alpha value is -4.18. The zero-order chi connectivity index (χ0) is 26.1. The number of fused-ring (bicyclic) bond motifs is 1. The van der Waals surface area contributed by atoms with Gasteiger partial charge >= 0.3 is 0 Å². The van der Waals surface area contributed by atoms with E-state index in [0.29, 0.717) is 26.1 Å². The number of piperazine rings is 2. The summed E-state index contributed by atoms with van der Waals surface area (Å²) in [5, 5.41) is 19.8. The standard InChI is InChI=1S/C27H29N5O5/c1-2-18(16-7-4-3-5-8-16)29-21-22(25(35)24(21)34)30-19-10-6-9-17(23(19)33)27(37)32-14-13-31-12-11-28-26(36)20(31)15-32/h3-10,18,20,29-30,33H,2,11-15H2,1H3,(H,28,36). The third-order valence-corrected chi connectivity index (χ3v) is 7.14. The van der Waals surface area contributed by atoms with Gasteiger partial charge in [-0.05, 0) is 24.1 Å². The van der Waals surface area contributed by atoms with E-state index in [0.717, 1.165) is 12.1 Å². The quantitative estimate of drug-likeness (QED) is 0.282. The SMILES string of the molecule is CCC(Nc1c(Nc2cccc(C(=O)N3CCN4CCNC(=O)C4C3)c2O)c(=O)c1=O)c1ccccc1. The highest BCUT2D eigenvalue weighted by Crippen LogP contribution is 2.34. The lowest BCUT2D eigenvalue weighted by Gasteiger charge is -2.43. The predicted octanol–water partition coefficient (Wildman–Crippen LogP) is 1.55. The highest BCUT2D eigenvalue weighted by Gasteiger charge is 2.37. The van der Waals surface area contributed by atoms with Crippen LogP contribution in [0.25, 0.3) is 0 Å². The first kappa shape index (κ1) is 24.5. The Kier molecular flexibility index (Phi) is 6.66. The van der Waals surface area contributed by atoms with E-state index in [1.54, 1.807) is 11.0 Å². The van der Waals surface area contributed by atoms with Gasteiger partial charge in [-0.1, -0.05) is 43.3 Å². The highest BCUT2D eigenvalue weighted by molar-refractivity contribution is 6.00. The Balaban J connectivity index is 1.35. The molecule has 0 spiro atoms. The van der Waals surface area contributed by atoms with Gasteiger partial charge in [0.15, 0.2) is 5.75 Å². The van der Waals surface area contributed by atoms with E-state index in [2.05, 4.69) is 20.9 Å². The van der Waals surface area contributed by atoms with Crippen molar-refractivity contribution in [2.45, 2.75) is 25.4 Å². The number of nitrogens with zero attached hydrogens (tertiary/aromatic N) is 2. The van der Waals surface area contributed by atoms with Crippen molar-refractivity contribution in [1.82, 2.24) is 15.1 Å². The number of anilines is 3. The van der Waals surface area contributed by atoms with Crippen molar-refractivity contribution < 1.29 is 14.7 Å². The summed E-state index contributed by atoms with van der Waals surface area (Å²) in [6.45, 7) is 4.54. The summed E-state index contributed by atoms with van der Waals surface area (Å²) in [6, 6.07) is 13.6. The Labute approximate surface area is 213 Å². The molecule has 2 atom stereocenters. The average molecular weight is 504 g/mol. The second-order valence-corrected chi connectivity index (χ2v) is 9.34. The smallest absolute Gasteiger partial charge is 0.257 e. The van der Waals surface area contributed by atoms with Crippen LogP contribution >= 0.6 is 0 Å². The Morgan fingerprint density at radius 2 is 1.78 bits per heavy atom. The summed E-state index contributed by atoms with van der Waals surface area (Å²) >= 11 is 0. The van der Waals surface area contributed by atoms with Crippen molar-refractivity contribution in [3.8, 4) is 5.75 Å². The average Bonchev–Trinajstić information content (AvgIpc) is 2.93. The molecule has 3 aromatic carbocycles. The van der Waals surface area contributed by atoms with E-state index < -0.39 is 22.8 Å². The van der Waals surface area contributed by atoms with Crippen molar-refractivity contribution in [3.63, 3.8) is 0 Å². The van der Waals surface area contributed by atoms with E-state index >= 15 is 0 Å². The summed E-state index contributed by atoms with van der Waals surface area (Å²) < 4.78 is 0. The number of phenols is 1. The third-order valence-electron chi connectivity index (χ3n) is 7.14. The molecule has 10 heteroatoms. The lowest BCUT2D eigenvalue weighted by atomic mass is 10.0. The first-order valence-corrected chi connectivity index (χ1v) is 12.4. The maximum atomic E-state index is 13.3. The van der Waals surface area contributed by atoms with Gasteiger partial charge in [0.1, 0.15) is 17.4 Å². The van der Waals surface area contributed by atoms with Crippen LogP contribution in [0.4, 0.5) is 17.1 Å². The maximum absolute atomic E-state index is 13.3. The van der Waals surface area contributed by atoms with Crippen molar-refractivity contribution in [1.29, 1.82) is 0 Å². The summed E-state index contributed by atoms with van der Waals surface area (Å²) in [4.78, 5) is 54.0. The molecule has 0 radical (unpaired) electrons. The summed E-state index contributed by atoms with van der Waals surface area (Å²) in [7, 11) is 0. The fourth-order valence-electron chi connectivity index (χ4n) is 5.01. The van der Waals surface area contributed by atoms with E-state index in [1.807, 2.05) is 37.3 Å². The molecule has 0 aromatic heterocycles. The van der Waals surface area contributed by atoms with Crippen LogP contribution in [0, 0.1) is 0 Å². The molecule has 2 fully saturated rings. The first-order chi connectivity index (χ1) is 17.9. The minimum Gasteiger partial charge on any atom is -0.505 e. The number of carbonyl (C=O) groups is 2. The normalized spacial score (nSPS) is 18.7. The van der Waals surface area contributed by atoms with Gasteiger partial charge in [0.05, 0.1) is 17.3 Å². The minimum absolute atomic E-state index is 0.0479. The molecule has 37 heavy (non-hydrogen) atoms. The largest absolute Gasteiger partial charge is 0.505 e. The van der Waals surface area contributed by atoms with Crippen molar-refractivity contribution in [2.24, 2.45) is 0 Å². The van der Waals surface area contributed by atoms with Crippen LogP contribution in [0.3, 0.4) is 0 Å². The maximum Gasteiger partial charge on any atom is 0.257 e. The number of benzene rings is 2. The van der Waals surface area contributed by atoms with Crippen LogP contribution in [-0.2, 0) is 4.79 Å². The van der Waals surface area contributed by atoms with Crippen LogP contribution in [0.2, 0.25) is 0 Å². The van der Waals surface area contributed by atoms with Crippen LogP contribution in [0.5, 0.6) is 5.75 Å². The van der Waals surface area contributed by atoms with Crippen molar-refractivity contribution >= 4 is 28.9 Å². The number of hydrogen-bond donors (Lipinski definition) is 4. The number of aromatic hydroxyl groups is 1. The van der Waals surface area contributed by atoms with Gasteiger partial charge in [-0.3, -0.25) is 24.1 Å². The Morgan fingerprint density at radius 1 is 1.03 bits per heavy atom. The van der Waals surface area contributed by atoms with Gasteiger partial charge < -0.3 is 26.0 Å². The molecule has 10 nitrogen and oxygen atoms in total. The topological polar surface area (TPSA) is 131 Å². The van der Waals surface area contributed by atoms with E-state index in [-0.39, 0.29) is 46.9 Å². The molecular weight excluding hydrogens is 474 g/mol. The van der Waals surface area contributed by atoms with Gasteiger partial charge in [0.2, 0.25) is 5.91 Å². The van der Waals surface area contributed by atoms with Crippen LogP contribution in [0.1, 0.15) is 35.3 Å². The molecule has 2 heterocycles. The molecule has 2 unspecified atom stereocenters. The molecule has 0 aliphatic carbocycles.